The minimum absolute atomic E-state index is 0.00141. The third-order valence-corrected chi connectivity index (χ3v) is 3.76. The average molecular weight is 299 g/mol. The van der Waals surface area contributed by atoms with Gasteiger partial charge in [0.25, 0.3) is 5.91 Å². The summed E-state index contributed by atoms with van der Waals surface area (Å²) in [6.07, 6.45) is 2.26. The third-order valence-electron chi connectivity index (χ3n) is 3.76. The Morgan fingerprint density at radius 1 is 1.19 bits per heavy atom. The number of nitrogens with one attached hydrogen (secondary N) is 1. The summed E-state index contributed by atoms with van der Waals surface area (Å²) < 4.78 is 26.3. The van der Waals surface area contributed by atoms with E-state index in [4.69, 9.17) is 10.2 Å². The standard InChI is InChI=1S/C14H15F2NO4/c15-10-5-8(9(13(20)21)6-11(10)16)12(19)17-7-14(1-2-14)3-4-18/h5-6,18H,1-4,7H2,(H,17,19)(H,20,21). The van der Waals surface area contributed by atoms with E-state index in [2.05, 4.69) is 5.32 Å². The van der Waals surface area contributed by atoms with Gasteiger partial charge in [0.15, 0.2) is 11.6 Å². The number of carbonyl (C=O) groups is 2. The first-order valence-corrected chi connectivity index (χ1v) is 6.50. The molecule has 1 aliphatic carbocycles. The molecule has 0 aliphatic heterocycles. The first kappa shape index (κ1) is 15.4. The van der Waals surface area contributed by atoms with Crippen molar-refractivity contribution in [3.63, 3.8) is 0 Å². The lowest BCUT2D eigenvalue weighted by molar-refractivity contribution is 0.0690. The smallest absolute Gasteiger partial charge is 0.336 e. The van der Waals surface area contributed by atoms with Crippen molar-refractivity contribution in [2.75, 3.05) is 13.2 Å². The first-order chi connectivity index (χ1) is 9.88. The minimum Gasteiger partial charge on any atom is -0.478 e. The van der Waals surface area contributed by atoms with Crippen LogP contribution >= 0.6 is 0 Å². The summed E-state index contributed by atoms with van der Waals surface area (Å²) in [4.78, 5) is 23.0. The van der Waals surface area contributed by atoms with Gasteiger partial charge < -0.3 is 15.5 Å². The number of aromatic carboxylic acids is 1. The maximum atomic E-state index is 13.2. The quantitative estimate of drug-likeness (QED) is 0.744. The summed E-state index contributed by atoms with van der Waals surface area (Å²) in [6.45, 7) is 0.270. The topological polar surface area (TPSA) is 86.6 Å². The molecule has 0 heterocycles. The second-order valence-corrected chi connectivity index (χ2v) is 5.27. The fraction of sp³-hybridized carbons (Fsp3) is 0.429. The molecule has 0 saturated heterocycles. The number of aliphatic hydroxyl groups excluding tert-OH is 1. The van der Waals surface area contributed by atoms with E-state index in [-0.39, 0.29) is 18.6 Å². The maximum Gasteiger partial charge on any atom is 0.336 e. The molecular weight excluding hydrogens is 284 g/mol. The van der Waals surface area contributed by atoms with Crippen LogP contribution in [0.1, 0.15) is 40.0 Å². The van der Waals surface area contributed by atoms with Crippen LogP contribution in [0.25, 0.3) is 0 Å². The van der Waals surface area contributed by atoms with Crippen molar-refractivity contribution in [1.29, 1.82) is 0 Å². The predicted molar refractivity (Wildman–Crippen MR) is 69.0 cm³/mol. The first-order valence-electron chi connectivity index (χ1n) is 6.50. The molecule has 0 unspecified atom stereocenters. The average Bonchev–Trinajstić information content (AvgIpc) is 3.19. The number of rotatable bonds is 6. The third kappa shape index (κ3) is 3.36. The SMILES string of the molecule is O=C(O)c1cc(F)c(F)cc1C(=O)NCC1(CCO)CC1. The highest BCUT2D eigenvalue weighted by Crippen LogP contribution is 2.47. The highest BCUT2D eigenvalue weighted by atomic mass is 19.2. The van der Waals surface area contributed by atoms with Crippen molar-refractivity contribution in [3.8, 4) is 0 Å². The zero-order chi connectivity index (χ0) is 15.6. The number of hydrogen-bond acceptors (Lipinski definition) is 3. The van der Waals surface area contributed by atoms with Crippen LogP contribution in [-0.4, -0.2) is 35.2 Å². The van der Waals surface area contributed by atoms with Crippen molar-refractivity contribution in [1.82, 2.24) is 5.32 Å². The molecule has 3 N–H and O–H groups in total. The predicted octanol–water partition coefficient (Wildman–Crippen LogP) is 1.56. The van der Waals surface area contributed by atoms with Crippen molar-refractivity contribution in [2.45, 2.75) is 19.3 Å². The number of amides is 1. The molecule has 1 aliphatic rings. The molecule has 2 rings (SSSR count). The van der Waals surface area contributed by atoms with Gasteiger partial charge in [-0.15, -0.1) is 0 Å². The van der Waals surface area contributed by atoms with Crippen LogP contribution in [0.15, 0.2) is 12.1 Å². The summed E-state index contributed by atoms with van der Waals surface area (Å²) in [5.74, 6) is -4.87. The van der Waals surface area contributed by atoms with E-state index in [9.17, 15) is 18.4 Å². The van der Waals surface area contributed by atoms with Gasteiger partial charge in [0.2, 0.25) is 0 Å². The number of aliphatic hydroxyl groups is 1. The van der Waals surface area contributed by atoms with Gasteiger partial charge in [0.05, 0.1) is 11.1 Å². The van der Waals surface area contributed by atoms with E-state index in [1.165, 1.54) is 0 Å². The monoisotopic (exact) mass is 299 g/mol. The van der Waals surface area contributed by atoms with Gasteiger partial charge in [-0.05, 0) is 36.8 Å². The van der Waals surface area contributed by atoms with Gasteiger partial charge in [-0.3, -0.25) is 4.79 Å². The molecule has 1 aromatic carbocycles. The molecule has 1 amide bonds. The molecule has 0 atom stereocenters. The van der Waals surface area contributed by atoms with Crippen LogP contribution in [0, 0.1) is 17.0 Å². The number of carboxylic acid groups (broad SMARTS) is 1. The fourth-order valence-corrected chi connectivity index (χ4v) is 2.20. The van der Waals surface area contributed by atoms with Gasteiger partial charge in [-0.2, -0.15) is 0 Å². The summed E-state index contributed by atoms with van der Waals surface area (Å²) in [5.41, 5.74) is -1.16. The Labute approximate surface area is 119 Å². The molecule has 0 radical (unpaired) electrons. The normalized spacial score (nSPS) is 15.6. The van der Waals surface area contributed by atoms with Crippen molar-refractivity contribution in [3.05, 3.63) is 34.9 Å². The lowest BCUT2D eigenvalue weighted by Crippen LogP contribution is -2.32. The molecule has 1 saturated carbocycles. The number of halogens is 2. The second-order valence-electron chi connectivity index (χ2n) is 5.27. The Balaban J connectivity index is 2.15. The van der Waals surface area contributed by atoms with Crippen LogP contribution in [0.5, 0.6) is 0 Å². The molecular formula is C14H15F2NO4. The van der Waals surface area contributed by atoms with E-state index in [0.29, 0.717) is 18.6 Å². The van der Waals surface area contributed by atoms with E-state index >= 15 is 0 Å². The van der Waals surface area contributed by atoms with Crippen molar-refractivity contribution >= 4 is 11.9 Å². The molecule has 0 spiro atoms. The van der Waals surface area contributed by atoms with E-state index < -0.39 is 34.6 Å². The van der Waals surface area contributed by atoms with E-state index in [1.807, 2.05) is 0 Å². The highest BCUT2D eigenvalue weighted by molar-refractivity contribution is 6.04. The number of hydrogen-bond donors (Lipinski definition) is 3. The maximum absolute atomic E-state index is 13.2. The number of carboxylic acids is 1. The van der Waals surface area contributed by atoms with E-state index in [1.54, 1.807) is 0 Å². The minimum atomic E-state index is -1.50. The summed E-state index contributed by atoms with van der Waals surface area (Å²) in [7, 11) is 0. The Morgan fingerprint density at radius 2 is 1.76 bits per heavy atom. The van der Waals surface area contributed by atoms with Gasteiger partial charge in [-0.1, -0.05) is 0 Å². The Kier molecular flexibility index (Phi) is 4.22. The summed E-state index contributed by atoms with van der Waals surface area (Å²) in [6, 6.07) is 1.08. The molecule has 1 fully saturated rings. The number of carbonyl (C=O) groups excluding carboxylic acids is 1. The van der Waals surface area contributed by atoms with Crippen LogP contribution in [0.2, 0.25) is 0 Å². The van der Waals surface area contributed by atoms with Gasteiger partial charge in [0, 0.05) is 13.2 Å². The molecule has 7 heteroatoms. The zero-order valence-corrected chi connectivity index (χ0v) is 11.2. The Bertz CT molecular complexity index is 585. The molecule has 0 aromatic heterocycles. The van der Waals surface area contributed by atoms with Gasteiger partial charge >= 0.3 is 5.97 Å². The van der Waals surface area contributed by atoms with Gasteiger partial charge in [-0.25, -0.2) is 13.6 Å². The van der Waals surface area contributed by atoms with Crippen LogP contribution < -0.4 is 5.32 Å². The Hall–Kier alpha value is -2.02. The second kappa shape index (κ2) is 5.77. The van der Waals surface area contributed by atoms with Crippen molar-refractivity contribution < 1.29 is 28.6 Å². The largest absolute Gasteiger partial charge is 0.478 e. The highest BCUT2D eigenvalue weighted by Gasteiger charge is 2.42. The molecule has 114 valence electrons. The Morgan fingerprint density at radius 3 is 2.24 bits per heavy atom. The van der Waals surface area contributed by atoms with Crippen LogP contribution in [0.4, 0.5) is 8.78 Å². The van der Waals surface area contributed by atoms with Crippen LogP contribution in [0.3, 0.4) is 0 Å². The fourth-order valence-electron chi connectivity index (χ4n) is 2.20. The van der Waals surface area contributed by atoms with Crippen molar-refractivity contribution in [2.24, 2.45) is 5.41 Å². The van der Waals surface area contributed by atoms with Gasteiger partial charge in [0.1, 0.15) is 0 Å². The summed E-state index contributed by atoms with van der Waals surface area (Å²) in [5, 5.41) is 20.4. The van der Waals surface area contributed by atoms with Crippen LogP contribution in [-0.2, 0) is 0 Å². The molecule has 21 heavy (non-hydrogen) atoms. The lowest BCUT2D eigenvalue weighted by atomic mass is 10.0. The summed E-state index contributed by atoms with van der Waals surface area (Å²) >= 11 is 0. The molecule has 1 aromatic rings. The lowest BCUT2D eigenvalue weighted by Gasteiger charge is -2.15. The number of benzene rings is 1. The molecule has 0 bridgehead atoms. The molecule has 5 nitrogen and oxygen atoms in total. The van der Waals surface area contributed by atoms with E-state index in [0.717, 1.165) is 12.8 Å². The zero-order valence-electron chi connectivity index (χ0n) is 11.2.